The van der Waals surface area contributed by atoms with Crippen LogP contribution in [0, 0.1) is 18.6 Å². The largest absolute Gasteiger partial charge is 0.477 e. The lowest BCUT2D eigenvalue weighted by atomic mass is 10.1. The minimum atomic E-state index is -4.57. The van der Waals surface area contributed by atoms with Crippen LogP contribution in [0.5, 0.6) is 0 Å². The predicted octanol–water partition coefficient (Wildman–Crippen LogP) is 5.29. The molecule has 1 saturated heterocycles. The van der Waals surface area contributed by atoms with Crippen molar-refractivity contribution >= 4 is 34.3 Å². The van der Waals surface area contributed by atoms with E-state index in [1.165, 1.54) is 17.0 Å². The number of rotatable bonds is 7. The Balaban J connectivity index is 1.50. The van der Waals surface area contributed by atoms with Crippen molar-refractivity contribution in [1.29, 1.82) is 0 Å². The van der Waals surface area contributed by atoms with Gasteiger partial charge in [-0.2, -0.15) is 18.2 Å². The molecule has 0 aliphatic carbocycles. The summed E-state index contributed by atoms with van der Waals surface area (Å²) in [5, 5.41) is 12.3. The topological polar surface area (TPSA) is 104 Å². The first-order valence-corrected chi connectivity index (χ1v) is 13.8. The lowest BCUT2D eigenvalue weighted by Crippen LogP contribution is -2.47. The third-order valence-electron chi connectivity index (χ3n) is 7.27. The summed E-state index contributed by atoms with van der Waals surface area (Å²) in [7, 11) is 0. The molecule has 2 aromatic heterocycles. The van der Waals surface area contributed by atoms with Gasteiger partial charge in [-0.25, -0.2) is 18.6 Å². The number of aromatic carboxylic acids is 1. The second-order valence-electron chi connectivity index (χ2n) is 10.9. The fourth-order valence-corrected chi connectivity index (χ4v) is 5.24. The number of nitrogens with one attached hydrogen (secondary N) is 1. The second kappa shape index (κ2) is 11.7. The number of halogens is 5. The molecular weight excluding hydrogens is 587 g/mol. The van der Waals surface area contributed by atoms with Gasteiger partial charge in [0.2, 0.25) is 11.4 Å². The lowest BCUT2D eigenvalue weighted by molar-refractivity contribution is -0.137. The number of pyridine rings is 1. The molecule has 1 aliphatic heterocycles. The molecule has 4 aromatic rings. The van der Waals surface area contributed by atoms with Crippen LogP contribution in [0.4, 0.5) is 39.4 Å². The Bertz CT molecular complexity index is 1780. The Hall–Kier alpha value is -4.75. The molecule has 0 atom stereocenters. The van der Waals surface area contributed by atoms with Gasteiger partial charge in [-0.15, -0.1) is 0 Å². The van der Waals surface area contributed by atoms with E-state index in [4.69, 9.17) is 0 Å². The molecule has 2 aromatic carbocycles. The molecule has 14 heteroatoms. The number of alkyl halides is 3. The van der Waals surface area contributed by atoms with E-state index in [0.29, 0.717) is 24.9 Å². The number of aromatic nitrogens is 3. The van der Waals surface area contributed by atoms with Gasteiger partial charge >= 0.3 is 12.1 Å². The van der Waals surface area contributed by atoms with E-state index in [9.17, 15) is 27.9 Å². The van der Waals surface area contributed by atoms with E-state index < -0.39 is 45.7 Å². The molecule has 0 unspecified atom stereocenters. The van der Waals surface area contributed by atoms with Crippen molar-refractivity contribution < 1.29 is 31.9 Å². The first-order valence-electron chi connectivity index (χ1n) is 13.8. The molecule has 0 bridgehead atoms. The highest BCUT2D eigenvalue weighted by Crippen LogP contribution is 2.33. The van der Waals surface area contributed by atoms with E-state index in [1.807, 2.05) is 31.7 Å². The number of benzene rings is 2. The van der Waals surface area contributed by atoms with Gasteiger partial charge in [0.15, 0.2) is 5.82 Å². The van der Waals surface area contributed by atoms with Gasteiger partial charge in [0.25, 0.3) is 0 Å². The van der Waals surface area contributed by atoms with Crippen LogP contribution in [0.25, 0.3) is 10.9 Å². The Morgan fingerprint density at radius 3 is 2.25 bits per heavy atom. The minimum Gasteiger partial charge on any atom is -0.477 e. The maximum absolute atomic E-state index is 16.3. The molecule has 1 aliphatic rings. The molecule has 2 N–H and O–H groups in total. The van der Waals surface area contributed by atoms with E-state index in [1.54, 1.807) is 0 Å². The average molecular weight is 617 g/mol. The normalized spacial score (nSPS) is 14.0. The number of fused-ring (bicyclic) bond motifs is 1. The van der Waals surface area contributed by atoms with E-state index in [-0.39, 0.29) is 42.4 Å². The quantitative estimate of drug-likeness (QED) is 0.270. The fraction of sp³-hybridized carbons (Fsp3) is 0.333. The maximum atomic E-state index is 16.3. The summed E-state index contributed by atoms with van der Waals surface area (Å²) >= 11 is 0. The van der Waals surface area contributed by atoms with Crippen LogP contribution in [-0.4, -0.2) is 57.8 Å². The molecule has 0 saturated carbocycles. The smallest absolute Gasteiger partial charge is 0.416 e. The number of carbonyl (C=O) groups is 1. The molecule has 44 heavy (non-hydrogen) atoms. The summed E-state index contributed by atoms with van der Waals surface area (Å²) in [4.78, 5) is 37.2. The van der Waals surface area contributed by atoms with Crippen LogP contribution >= 0.6 is 0 Å². The van der Waals surface area contributed by atoms with E-state index in [2.05, 4.69) is 15.3 Å². The number of hydrogen-bond acceptors (Lipinski definition) is 7. The van der Waals surface area contributed by atoms with Crippen LogP contribution in [-0.2, 0) is 12.7 Å². The molecule has 1 fully saturated rings. The van der Waals surface area contributed by atoms with E-state index in [0.717, 1.165) is 34.7 Å². The van der Waals surface area contributed by atoms with Crippen LogP contribution < -0.4 is 20.5 Å². The molecule has 3 heterocycles. The SMILES string of the molecule is Cc1cc(N2CCN(c3c(F)cc4c(=O)c(C(=O)O)cn(Cc5ccc(C(F)(F)F)cc5)c4c3F)CC2)nc(NC(C)C)n1. The Labute approximate surface area is 248 Å². The monoisotopic (exact) mass is 616 g/mol. The zero-order valence-electron chi connectivity index (χ0n) is 24.0. The maximum Gasteiger partial charge on any atom is 0.416 e. The third kappa shape index (κ3) is 6.15. The number of carboxylic acid groups (broad SMARTS) is 1. The lowest BCUT2D eigenvalue weighted by Gasteiger charge is -2.37. The molecule has 9 nitrogen and oxygen atoms in total. The Kier molecular flexibility index (Phi) is 8.19. The van der Waals surface area contributed by atoms with Crippen molar-refractivity contribution in [2.45, 2.75) is 39.5 Å². The molecule has 5 rings (SSSR count). The molecule has 0 radical (unpaired) electrons. The number of aryl methyl sites for hydroxylation is 1. The van der Waals surface area contributed by atoms with Crippen molar-refractivity contribution in [3.05, 3.63) is 86.8 Å². The van der Waals surface area contributed by atoms with Crippen LogP contribution in [0.15, 0.2) is 47.4 Å². The predicted molar refractivity (Wildman–Crippen MR) is 156 cm³/mol. The van der Waals surface area contributed by atoms with Gasteiger partial charge in [-0.1, -0.05) is 12.1 Å². The van der Waals surface area contributed by atoms with Gasteiger partial charge in [0.1, 0.15) is 22.9 Å². The van der Waals surface area contributed by atoms with Crippen molar-refractivity contribution in [2.24, 2.45) is 0 Å². The fourth-order valence-electron chi connectivity index (χ4n) is 5.24. The highest BCUT2D eigenvalue weighted by atomic mass is 19.4. The Morgan fingerprint density at radius 1 is 1.02 bits per heavy atom. The van der Waals surface area contributed by atoms with Gasteiger partial charge in [-0.3, -0.25) is 4.79 Å². The number of piperazine rings is 1. The van der Waals surface area contributed by atoms with Crippen LogP contribution in [0.2, 0.25) is 0 Å². The standard InChI is InChI=1S/C30H29F5N6O3/c1-16(2)36-29-37-17(3)12-23(38-29)39-8-10-40(11-9-39)26-22(31)13-20-25(24(26)32)41(15-21(27(20)42)28(43)44)14-18-4-6-19(7-5-18)30(33,34)35/h4-7,12-13,15-16H,8-11,14H2,1-3H3,(H,43,44)(H,36,37,38). The van der Waals surface area contributed by atoms with E-state index >= 15 is 8.78 Å². The first-order chi connectivity index (χ1) is 20.7. The Morgan fingerprint density at radius 2 is 1.66 bits per heavy atom. The summed E-state index contributed by atoms with van der Waals surface area (Å²) in [5.74, 6) is -2.59. The highest BCUT2D eigenvalue weighted by molar-refractivity contribution is 5.94. The van der Waals surface area contributed by atoms with Crippen molar-refractivity contribution in [3.63, 3.8) is 0 Å². The molecule has 0 amide bonds. The highest BCUT2D eigenvalue weighted by Gasteiger charge is 2.31. The van der Waals surface area contributed by atoms with Crippen LogP contribution in [0.3, 0.4) is 0 Å². The zero-order chi connectivity index (χ0) is 31.9. The van der Waals surface area contributed by atoms with Gasteiger partial charge in [0.05, 0.1) is 16.5 Å². The number of nitrogens with zero attached hydrogens (tertiary/aromatic N) is 5. The number of hydrogen-bond donors (Lipinski definition) is 2. The molecular formula is C30H29F5N6O3. The summed E-state index contributed by atoms with van der Waals surface area (Å²) in [6.45, 7) is 6.62. The summed E-state index contributed by atoms with van der Waals surface area (Å²) in [6, 6.07) is 6.79. The molecule has 232 valence electrons. The van der Waals surface area contributed by atoms with Crippen molar-refractivity contribution in [3.8, 4) is 0 Å². The summed E-state index contributed by atoms with van der Waals surface area (Å²) < 4.78 is 72.0. The third-order valence-corrected chi connectivity index (χ3v) is 7.27. The summed E-state index contributed by atoms with van der Waals surface area (Å²) in [5.41, 5.74) is -2.40. The van der Waals surface area contributed by atoms with Gasteiger partial charge < -0.3 is 24.8 Å². The van der Waals surface area contributed by atoms with Crippen molar-refractivity contribution in [1.82, 2.24) is 14.5 Å². The summed E-state index contributed by atoms with van der Waals surface area (Å²) in [6.07, 6.45) is -3.64. The van der Waals surface area contributed by atoms with Gasteiger partial charge in [0, 0.05) is 56.7 Å². The minimum absolute atomic E-state index is 0.114. The van der Waals surface area contributed by atoms with Gasteiger partial charge in [-0.05, 0) is 44.5 Å². The zero-order valence-corrected chi connectivity index (χ0v) is 24.0. The first kappa shape index (κ1) is 30.7. The molecule has 0 spiro atoms. The second-order valence-corrected chi connectivity index (χ2v) is 10.9. The van der Waals surface area contributed by atoms with Crippen molar-refractivity contribution in [2.75, 3.05) is 41.3 Å². The number of anilines is 3. The number of carboxylic acids is 1. The van der Waals surface area contributed by atoms with Crippen LogP contribution in [0.1, 0.15) is 41.0 Å². The average Bonchev–Trinajstić information content (AvgIpc) is 2.94.